The molecule has 0 amide bonds. The summed E-state index contributed by atoms with van der Waals surface area (Å²) in [4.78, 5) is 0. The van der Waals surface area contributed by atoms with Gasteiger partial charge in [0.1, 0.15) is 0 Å². The van der Waals surface area contributed by atoms with Crippen molar-refractivity contribution in [1.82, 2.24) is 4.31 Å². The van der Waals surface area contributed by atoms with Crippen LogP contribution in [0.5, 0.6) is 0 Å². The molecule has 2 unspecified atom stereocenters. The molecule has 0 aromatic rings. The normalized spacial score (nSPS) is 39.1. The van der Waals surface area contributed by atoms with Gasteiger partial charge >= 0.3 is 0 Å². The molecule has 3 nitrogen and oxygen atoms in total. The van der Waals surface area contributed by atoms with E-state index in [2.05, 4.69) is 0 Å². The SMILES string of the molecule is O=S(=O)(C1CCCCC1)N1C2CCC1CC(Cl)C2. The van der Waals surface area contributed by atoms with Gasteiger partial charge in [-0.25, -0.2) is 8.42 Å². The van der Waals surface area contributed by atoms with E-state index in [0.29, 0.717) is 0 Å². The standard InChI is InChI=1S/C13H22ClNO2S/c14-10-8-11-6-7-12(9-10)15(11)18(16,17)13-4-2-1-3-5-13/h10-13H,1-9H2. The lowest BCUT2D eigenvalue weighted by molar-refractivity contribution is 0.245. The Hall–Kier alpha value is 0.200. The van der Waals surface area contributed by atoms with Gasteiger partial charge in [0, 0.05) is 17.5 Å². The minimum Gasteiger partial charge on any atom is -0.212 e. The Morgan fingerprint density at radius 1 is 0.889 bits per heavy atom. The van der Waals surface area contributed by atoms with Crippen LogP contribution in [0.2, 0.25) is 0 Å². The van der Waals surface area contributed by atoms with E-state index < -0.39 is 10.0 Å². The van der Waals surface area contributed by atoms with Crippen molar-refractivity contribution in [3.05, 3.63) is 0 Å². The van der Waals surface area contributed by atoms with Gasteiger partial charge < -0.3 is 0 Å². The molecule has 0 spiro atoms. The van der Waals surface area contributed by atoms with Crippen molar-refractivity contribution in [2.45, 2.75) is 80.5 Å². The van der Waals surface area contributed by atoms with Crippen molar-refractivity contribution >= 4 is 21.6 Å². The zero-order valence-corrected chi connectivity index (χ0v) is 12.3. The lowest BCUT2D eigenvalue weighted by Gasteiger charge is -2.38. The summed E-state index contributed by atoms with van der Waals surface area (Å²) in [5.41, 5.74) is 0. The Kier molecular flexibility index (Phi) is 3.63. The van der Waals surface area contributed by atoms with Gasteiger partial charge in [0.25, 0.3) is 0 Å². The van der Waals surface area contributed by atoms with E-state index in [4.69, 9.17) is 11.6 Å². The number of hydrogen-bond donors (Lipinski definition) is 0. The van der Waals surface area contributed by atoms with Crippen molar-refractivity contribution in [3.8, 4) is 0 Å². The first-order valence-corrected chi connectivity index (χ1v) is 9.19. The number of halogens is 1. The molecule has 5 heteroatoms. The fourth-order valence-electron chi connectivity index (χ4n) is 4.02. The second kappa shape index (κ2) is 4.95. The number of rotatable bonds is 2. The summed E-state index contributed by atoms with van der Waals surface area (Å²) in [6.45, 7) is 0. The second-order valence-electron chi connectivity index (χ2n) is 6.09. The van der Waals surface area contributed by atoms with Crippen LogP contribution >= 0.6 is 11.6 Å². The number of nitrogens with zero attached hydrogens (tertiary/aromatic N) is 1. The molecule has 0 aromatic carbocycles. The Bertz CT molecular complexity index is 391. The number of fused-ring (bicyclic) bond motifs is 2. The van der Waals surface area contributed by atoms with Crippen molar-refractivity contribution in [2.75, 3.05) is 0 Å². The van der Waals surface area contributed by atoms with Gasteiger partial charge in [-0.2, -0.15) is 4.31 Å². The third-order valence-corrected chi connectivity index (χ3v) is 7.73. The molecule has 2 saturated heterocycles. The summed E-state index contributed by atoms with van der Waals surface area (Å²) in [6, 6.07) is 0.386. The second-order valence-corrected chi connectivity index (χ2v) is 8.82. The van der Waals surface area contributed by atoms with Gasteiger partial charge in [-0.15, -0.1) is 11.6 Å². The lowest BCUT2D eigenvalue weighted by Crippen LogP contribution is -2.50. The maximum absolute atomic E-state index is 12.8. The zero-order chi connectivity index (χ0) is 12.8. The molecule has 3 rings (SSSR count). The molecule has 2 aliphatic heterocycles. The Morgan fingerprint density at radius 3 is 2.00 bits per heavy atom. The average molecular weight is 292 g/mol. The third-order valence-electron chi connectivity index (χ3n) is 4.88. The Labute approximate surface area is 115 Å². The van der Waals surface area contributed by atoms with Gasteiger partial charge in [0.15, 0.2) is 0 Å². The fourth-order valence-corrected chi connectivity index (χ4v) is 6.92. The first-order chi connectivity index (χ1) is 8.59. The predicted molar refractivity (Wildman–Crippen MR) is 73.3 cm³/mol. The maximum Gasteiger partial charge on any atom is 0.217 e. The van der Waals surface area contributed by atoms with Crippen LogP contribution in [-0.4, -0.2) is 35.4 Å². The van der Waals surface area contributed by atoms with E-state index in [1.54, 1.807) is 0 Å². The van der Waals surface area contributed by atoms with E-state index >= 15 is 0 Å². The minimum atomic E-state index is -3.07. The van der Waals surface area contributed by atoms with E-state index in [0.717, 1.165) is 51.4 Å². The van der Waals surface area contributed by atoms with Crippen LogP contribution in [0.1, 0.15) is 57.8 Å². The predicted octanol–water partition coefficient (Wildman–Crippen LogP) is 2.88. The fraction of sp³-hybridized carbons (Fsp3) is 1.00. The van der Waals surface area contributed by atoms with Crippen LogP contribution in [0.15, 0.2) is 0 Å². The van der Waals surface area contributed by atoms with Crippen LogP contribution in [0.4, 0.5) is 0 Å². The van der Waals surface area contributed by atoms with E-state index in [1.165, 1.54) is 6.42 Å². The van der Waals surface area contributed by atoms with Crippen molar-refractivity contribution in [3.63, 3.8) is 0 Å². The molecule has 1 saturated carbocycles. The summed E-state index contributed by atoms with van der Waals surface area (Å²) >= 11 is 6.23. The van der Waals surface area contributed by atoms with Crippen molar-refractivity contribution in [1.29, 1.82) is 0 Å². The number of piperidine rings is 1. The summed E-state index contributed by atoms with van der Waals surface area (Å²) in [7, 11) is -3.07. The van der Waals surface area contributed by atoms with Gasteiger partial charge in [0.2, 0.25) is 10.0 Å². The first kappa shape index (κ1) is 13.2. The van der Waals surface area contributed by atoms with Gasteiger partial charge in [0.05, 0.1) is 5.25 Å². The molecule has 2 atom stereocenters. The molecule has 1 aliphatic carbocycles. The topological polar surface area (TPSA) is 37.4 Å². The molecule has 2 heterocycles. The molecule has 2 bridgehead atoms. The van der Waals surface area contributed by atoms with Crippen molar-refractivity contribution < 1.29 is 8.42 Å². The highest BCUT2D eigenvalue weighted by Gasteiger charge is 2.48. The van der Waals surface area contributed by atoms with Gasteiger partial charge in [-0.1, -0.05) is 19.3 Å². The average Bonchev–Trinajstić information content (AvgIpc) is 2.64. The number of sulfonamides is 1. The molecule has 0 N–H and O–H groups in total. The highest BCUT2D eigenvalue weighted by atomic mass is 35.5. The molecule has 3 aliphatic rings. The molecule has 0 aromatic heterocycles. The van der Waals surface area contributed by atoms with Gasteiger partial charge in [-0.05, 0) is 38.5 Å². The van der Waals surface area contributed by atoms with Crippen LogP contribution in [0.25, 0.3) is 0 Å². The molecule has 104 valence electrons. The molecular weight excluding hydrogens is 270 g/mol. The van der Waals surface area contributed by atoms with Crippen LogP contribution < -0.4 is 0 Å². The number of hydrogen-bond acceptors (Lipinski definition) is 2. The van der Waals surface area contributed by atoms with E-state index in [9.17, 15) is 8.42 Å². The van der Waals surface area contributed by atoms with Crippen molar-refractivity contribution in [2.24, 2.45) is 0 Å². The van der Waals surface area contributed by atoms with E-state index in [-0.39, 0.29) is 22.7 Å². The number of alkyl halides is 1. The monoisotopic (exact) mass is 291 g/mol. The zero-order valence-electron chi connectivity index (χ0n) is 10.7. The lowest BCUT2D eigenvalue weighted by atomic mass is 10.0. The Morgan fingerprint density at radius 2 is 1.44 bits per heavy atom. The quantitative estimate of drug-likeness (QED) is 0.734. The highest BCUT2D eigenvalue weighted by molar-refractivity contribution is 7.89. The highest BCUT2D eigenvalue weighted by Crippen LogP contribution is 2.42. The maximum atomic E-state index is 12.8. The van der Waals surface area contributed by atoms with E-state index in [1.807, 2.05) is 4.31 Å². The summed E-state index contributed by atoms with van der Waals surface area (Å²) in [5, 5.41) is 0.0709. The van der Waals surface area contributed by atoms with Gasteiger partial charge in [-0.3, -0.25) is 0 Å². The molecule has 18 heavy (non-hydrogen) atoms. The van der Waals surface area contributed by atoms with Crippen LogP contribution in [0.3, 0.4) is 0 Å². The minimum absolute atomic E-state index is 0.110. The molecular formula is C13H22ClNO2S. The summed E-state index contributed by atoms with van der Waals surface area (Å²) in [5.74, 6) is 0. The molecule has 3 fully saturated rings. The Balaban J connectivity index is 1.81. The first-order valence-electron chi connectivity index (χ1n) is 7.25. The smallest absolute Gasteiger partial charge is 0.212 e. The third kappa shape index (κ3) is 2.20. The molecule has 0 radical (unpaired) electrons. The van der Waals surface area contributed by atoms with Crippen LogP contribution in [0, 0.1) is 0 Å². The largest absolute Gasteiger partial charge is 0.217 e. The summed E-state index contributed by atoms with van der Waals surface area (Å²) < 4.78 is 27.4. The summed E-state index contributed by atoms with van der Waals surface area (Å²) in [6.07, 6.45) is 8.80. The van der Waals surface area contributed by atoms with Crippen LogP contribution in [-0.2, 0) is 10.0 Å².